The molecule has 2 fully saturated rings. The lowest BCUT2D eigenvalue weighted by Crippen LogP contribution is -2.68. The van der Waals surface area contributed by atoms with E-state index in [0.717, 1.165) is 27.7 Å². The highest BCUT2D eigenvalue weighted by molar-refractivity contribution is 5.91. The maximum Gasteiger partial charge on any atom is 0.326 e. The zero-order valence-corrected chi connectivity index (χ0v) is 32.5. The molecule has 0 aromatic carbocycles. The van der Waals surface area contributed by atoms with Gasteiger partial charge in [0.15, 0.2) is 18.9 Å². The van der Waals surface area contributed by atoms with Crippen LogP contribution in [0.5, 0.6) is 0 Å². The maximum atomic E-state index is 13.2. The summed E-state index contributed by atoms with van der Waals surface area (Å²) in [6, 6.07) is -8.89. The predicted octanol–water partition coefficient (Wildman–Crippen LogP) is -6.73. The minimum absolute atomic E-state index is 0.0379. The molecule has 0 saturated carbocycles. The first-order valence-corrected chi connectivity index (χ1v) is 18.3. The van der Waals surface area contributed by atoms with Gasteiger partial charge in [0.2, 0.25) is 29.5 Å². The van der Waals surface area contributed by atoms with E-state index in [1.54, 1.807) is 0 Å². The molecule has 15 atom stereocenters. The van der Waals surface area contributed by atoms with Gasteiger partial charge < -0.3 is 92.1 Å². The number of aliphatic carboxylic acids is 3. The molecule has 2 aliphatic rings. The lowest BCUT2D eigenvalue weighted by Gasteiger charge is -2.47. The van der Waals surface area contributed by atoms with E-state index >= 15 is 0 Å². The van der Waals surface area contributed by atoms with Crippen LogP contribution in [0.2, 0.25) is 0 Å². The molecular formula is C33H54N6O20. The molecule has 0 radical (unpaired) electrons. The van der Waals surface area contributed by atoms with E-state index in [-0.39, 0.29) is 19.3 Å². The Bertz CT molecular complexity index is 1510. The zero-order valence-electron chi connectivity index (χ0n) is 32.5. The van der Waals surface area contributed by atoms with Crippen molar-refractivity contribution in [3.63, 3.8) is 0 Å². The number of carboxylic acid groups (broad SMARTS) is 3. The van der Waals surface area contributed by atoms with E-state index in [1.165, 1.54) is 0 Å². The molecule has 2 rings (SSSR count). The molecular weight excluding hydrogens is 800 g/mol. The summed E-state index contributed by atoms with van der Waals surface area (Å²) in [6.07, 6.45) is -17.2. The molecule has 59 heavy (non-hydrogen) atoms. The summed E-state index contributed by atoms with van der Waals surface area (Å²) >= 11 is 0. The van der Waals surface area contributed by atoms with Crippen LogP contribution in [-0.4, -0.2) is 187 Å². The fraction of sp³-hybridized carbons (Fsp3) is 0.758. The molecule has 2 saturated heterocycles. The molecule has 15 unspecified atom stereocenters. The van der Waals surface area contributed by atoms with Crippen LogP contribution in [0.4, 0.5) is 0 Å². The summed E-state index contributed by atoms with van der Waals surface area (Å²) < 4.78 is 22.2. The number of amides is 5. The van der Waals surface area contributed by atoms with Crippen LogP contribution in [0.1, 0.15) is 59.8 Å². The van der Waals surface area contributed by atoms with Crippen molar-refractivity contribution in [3.05, 3.63) is 0 Å². The monoisotopic (exact) mass is 854 g/mol. The van der Waals surface area contributed by atoms with Crippen molar-refractivity contribution in [2.24, 2.45) is 5.73 Å². The quantitative estimate of drug-likeness (QED) is 0.0481. The van der Waals surface area contributed by atoms with Crippen LogP contribution in [-0.2, 0) is 57.3 Å². The van der Waals surface area contributed by atoms with Gasteiger partial charge in [-0.25, -0.2) is 9.59 Å². The second-order valence-corrected chi connectivity index (χ2v) is 13.9. The first kappa shape index (κ1) is 50.5. The number of ether oxygens (including phenoxy) is 4. The van der Waals surface area contributed by atoms with Gasteiger partial charge in [0.25, 0.3) is 0 Å². The number of nitrogens with two attached hydrogens (primary N) is 1. The normalized spacial score (nSPS) is 29.3. The van der Waals surface area contributed by atoms with Gasteiger partial charge in [0, 0.05) is 20.3 Å². The number of carboxylic acids is 3. The van der Waals surface area contributed by atoms with Crippen molar-refractivity contribution in [1.82, 2.24) is 26.6 Å². The third-order valence-electron chi connectivity index (χ3n) is 9.15. The Morgan fingerprint density at radius 2 is 1.27 bits per heavy atom. The largest absolute Gasteiger partial charge is 0.480 e. The van der Waals surface area contributed by atoms with Gasteiger partial charge in [0.05, 0.1) is 6.61 Å². The van der Waals surface area contributed by atoms with Gasteiger partial charge in [-0.05, 0) is 39.5 Å². The number of hydrogen-bond donors (Lipinski definition) is 14. The number of rotatable bonds is 22. The second-order valence-electron chi connectivity index (χ2n) is 13.9. The molecule has 0 aromatic rings. The van der Waals surface area contributed by atoms with Crippen molar-refractivity contribution in [1.29, 1.82) is 0 Å². The number of hydrogen-bond acceptors (Lipinski definition) is 18. The van der Waals surface area contributed by atoms with Crippen LogP contribution in [0.3, 0.4) is 0 Å². The molecule has 336 valence electrons. The zero-order chi connectivity index (χ0) is 44.9. The van der Waals surface area contributed by atoms with Crippen LogP contribution in [0, 0.1) is 0 Å². The molecule has 0 aromatic heterocycles. The van der Waals surface area contributed by atoms with E-state index in [1.807, 2.05) is 0 Å². The number of carbonyl (C=O) groups excluding carboxylic acids is 5. The molecule has 5 amide bonds. The van der Waals surface area contributed by atoms with Crippen molar-refractivity contribution in [2.45, 2.75) is 152 Å². The standard InChI is InChI=1S/C33H54N6O20/c1-11(26(47)39-17(30(53)54)8-9-19(43)38-16(29(51)52)7-5-6-15(34)28(49)50)35-27(48)12(2)56-25-21(37-14(4)42)31(55)58-33(24(25)46)59-32-20(36-13(3)41)23(45)22(44)18(10-40)57-32/h11-12,15-18,20-25,31-33,40,44-46,55H,5-10,34H2,1-4H3,(H,35,48)(H,36,41)(H,37,42)(H,38,43)(H,39,47)(H,49,50)(H,51,52)(H,53,54). The maximum absolute atomic E-state index is 13.2. The van der Waals surface area contributed by atoms with E-state index in [0.29, 0.717) is 0 Å². The van der Waals surface area contributed by atoms with Gasteiger partial charge >= 0.3 is 17.9 Å². The second kappa shape index (κ2) is 23.2. The van der Waals surface area contributed by atoms with Crippen LogP contribution in [0.25, 0.3) is 0 Å². The van der Waals surface area contributed by atoms with Crippen molar-refractivity contribution in [2.75, 3.05) is 6.61 Å². The molecule has 0 spiro atoms. The summed E-state index contributed by atoms with van der Waals surface area (Å²) in [5.41, 5.74) is 5.39. The lowest BCUT2D eigenvalue weighted by atomic mass is 9.96. The minimum atomic E-state index is -2.00. The van der Waals surface area contributed by atoms with E-state index < -0.39 is 159 Å². The molecule has 2 aliphatic heterocycles. The van der Waals surface area contributed by atoms with E-state index in [4.69, 9.17) is 29.8 Å². The Kier molecular flexibility index (Phi) is 19.9. The van der Waals surface area contributed by atoms with Gasteiger partial charge in [-0.2, -0.15) is 0 Å². The summed E-state index contributed by atoms with van der Waals surface area (Å²) in [5.74, 6) is -8.70. The highest BCUT2D eigenvalue weighted by atomic mass is 16.8. The van der Waals surface area contributed by atoms with E-state index in [2.05, 4.69) is 26.6 Å². The molecule has 0 aliphatic carbocycles. The SMILES string of the molecule is CC(=O)NC1C(OC2OC(O)C(NC(C)=O)C(OC(C)C(=O)NC(C)C(=O)NC(CCC(=O)NC(CCCC(N)C(=O)O)C(=O)O)C(=O)O)C2O)OC(CO)C(O)C1O. The number of nitrogens with one attached hydrogen (secondary N) is 5. The van der Waals surface area contributed by atoms with Crippen LogP contribution in [0.15, 0.2) is 0 Å². The van der Waals surface area contributed by atoms with Gasteiger partial charge in [-0.1, -0.05) is 0 Å². The van der Waals surface area contributed by atoms with Crippen LogP contribution >= 0.6 is 0 Å². The third kappa shape index (κ3) is 15.2. The highest BCUT2D eigenvalue weighted by Gasteiger charge is 2.52. The first-order valence-electron chi connectivity index (χ1n) is 18.3. The molecule has 26 nitrogen and oxygen atoms in total. The molecule has 2 heterocycles. The van der Waals surface area contributed by atoms with Crippen molar-refractivity contribution >= 4 is 47.4 Å². The first-order chi connectivity index (χ1) is 27.5. The van der Waals surface area contributed by atoms with Crippen molar-refractivity contribution < 1.29 is 98.2 Å². The Morgan fingerprint density at radius 3 is 1.81 bits per heavy atom. The minimum Gasteiger partial charge on any atom is -0.480 e. The summed E-state index contributed by atoms with van der Waals surface area (Å²) in [5, 5.41) is 91.7. The molecule has 15 N–H and O–H groups in total. The van der Waals surface area contributed by atoms with Gasteiger partial charge in [-0.3, -0.25) is 28.8 Å². The summed E-state index contributed by atoms with van der Waals surface area (Å²) in [6.45, 7) is 3.63. The average Bonchev–Trinajstić information content (AvgIpc) is 3.14. The Labute approximate surface area is 336 Å². The Hall–Kier alpha value is -4.64. The molecule has 0 bridgehead atoms. The summed E-state index contributed by atoms with van der Waals surface area (Å²) in [4.78, 5) is 96.7. The third-order valence-corrected chi connectivity index (χ3v) is 9.15. The Morgan fingerprint density at radius 1 is 0.695 bits per heavy atom. The highest BCUT2D eigenvalue weighted by Crippen LogP contribution is 2.29. The smallest absolute Gasteiger partial charge is 0.326 e. The molecule has 26 heteroatoms. The van der Waals surface area contributed by atoms with Gasteiger partial charge in [0.1, 0.15) is 72.9 Å². The predicted molar refractivity (Wildman–Crippen MR) is 191 cm³/mol. The fourth-order valence-corrected chi connectivity index (χ4v) is 5.93. The fourth-order valence-electron chi connectivity index (χ4n) is 5.93. The topological polar surface area (TPSA) is 421 Å². The van der Waals surface area contributed by atoms with Gasteiger partial charge in [-0.15, -0.1) is 0 Å². The summed E-state index contributed by atoms with van der Waals surface area (Å²) in [7, 11) is 0. The Balaban J connectivity index is 2.09. The van der Waals surface area contributed by atoms with Crippen molar-refractivity contribution in [3.8, 4) is 0 Å². The lowest BCUT2D eigenvalue weighted by molar-refractivity contribution is -0.375. The number of carbonyl (C=O) groups is 8. The number of aliphatic hydroxyl groups excluding tert-OH is 5. The number of aliphatic hydroxyl groups is 5. The average molecular weight is 855 g/mol. The van der Waals surface area contributed by atoms with E-state index in [9.17, 15) is 74.1 Å². The van der Waals surface area contributed by atoms with Crippen LogP contribution < -0.4 is 32.3 Å².